The van der Waals surface area contributed by atoms with Crippen LogP contribution in [0.2, 0.25) is 0 Å². The van der Waals surface area contributed by atoms with Crippen molar-refractivity contribution in [2.45, 2.75) is 24.6 Å². The lowest BCUT2D eigenvalue weighted by atomic mass is 9.91. The van der Waals surface area contributed by atoms with Crippen LogP contribution in [0.4, 0.5) is 18.0 Å². The number of carbonyl (C=O) groups is 1. The normalized spacial score (nSPS) is 19.9. The van der Waals surface area contributed by atoms with Gasteiger partial charge in [0.2, 0.25) is 0 Å². The first-order valence-electron chi connectivity index (χ1n) is 5.23. The van der Waals surface area contributed by atoms with Crippen LogP contribution in [-0.4, -0.2) is 47.4 Å². The zero-order valence-corrected chi connectivity index (χ0v) is 9.26. The highest BCUT2D eigenvalue weighted by Crippen LogP contribution is 2.38. The van der Waals surface area contributed by atoms with Crippen molar-refractivity contribution in [3.63, 3.8) is 0 Å². The maximum absolute atomic E-state index is 12.5. The molecule has 1 fully saturated rings. The summed E-state index contributed by atoms with van der Waals surface area (Å²) in [5.41, 5.74) is -2.66. The fraction of sp³-hybridized carbons (Fsp3) is 0.700. The number of hydrogen-bond acceptors (Lipinski definition) is 2. The second kappa shape index (κ2) is 4.95. The summed E-state index contributed by atoms with van der Waals surface area (Å²) < 4.78 is 37.4. The molecule has 0 aliphatic carbocycles. The van der Waals surface area contributed by atoms with Crippen molar-refractivity contribution in [1.29, 1.82) is 0 Å². The summed E-state index contributed by atoms with van der Waals surface area (Å²) in [4.78, 5) is 12.7. The minimum absolute atomic E-state index is 0.112. The highest BCUT2D eigenvalue weighted by atomic mass is 19.4. The molecule has 0 aromatic rings. The number of hydrogen-bond donors (Lipinski definition) is 2. The molecule has 7 heteroatoms. The number of nitrogens with one attached hydrogen (secondary N) is 1. The number of nitrogens with zero attached hydrogens (tertiary/aromatic N) is 1. The Balaban J connectivity index is 2.51. The Morgan fingerprint density at radius 2 is 2.00 bits per heavy atom. The standard InChI is InChI=1S/C10H15F3N2O2/c1-2-5-14-8(16)15-6-3-9(17,4-7-15)10(11,12)13/h2,17H,1,3-7H2,(H,14,16). The Bertz CT molecular complexity index is 296. The number of aliphatic hydroxyl groups is 1. The van der Waals surface area contributed by atoms with Gasteiger partial charge in [-0.3, -0.25) is 0 Å². The van der Waals surface area contributed by atoms with Crippen LogP contribution in [-0.2, 0) is 0 Å². The van der Waals surface area contributed by atoms with Crippen molar-refractivity contribution in [3.05, 3.63) is 12.7 Å². The topological polar surface area (TPSA) is 52.6 Å². The number of rotatable bonds is 2. The average molecular weight is 252 g/mol. The van der Waals surface area contributed by atoms with E-state index < -0.39 is 30.7 Å². The van der Waals surface area contributed by atoms with Crippen LogP contribution < -0.4 is 5.32 Å². The lowest BCUT2D eigenvalue weighted by molar-refractivity contribution is -0.271. The van der Waals surface area contributed by atoms with E-state index in [4.69, 9.17) is 0 Å². The maximum atomic E-state index is 12.5. The molecule has 0 spiro atoms. The Kier molecular flexibility index (Phi) is 4.03. The van der Waals surface area contributed by atoms with Gasteiger partial charge in [-0.2, -0.15) is 13.2 Å². The van der Waals surface area contributed by atoms with E-state index in [1.165, 1.54) is 11.0 Å². The van der Waals surface area contributed by atoms with Crippen molar-refractivity contribution >= 4 is 6.03 Å². The molecule has 0 saturated carbocycles. The van der Waals surface area contributed by atoms with Gasteiger partial charge in [-0.15, -0.1) is 6.58 Å². The molecule has 0 aromatic heterocycles. The van der Waals surface area contributed by atoms with Gasteiger partial charge in [0.15, 0.2) is 5.60 Å². The Hall–Kier alpha value is -1.24. The van der Waals surface area contributed by atoms with E-state index in [2.05, 4.69) is 11.9 Å². The Morgan fingerprint density at radius 1 is 1.47 bits per heavy atom. The lowest BCUT2D eigenvalue weighted by Gasteiger charge is -2.38. The average Bonchev–Trinajstić information content (AvgIpc) is 2.25. The summed E-state index contributed by atoms with van der Waals surface area (Å²) in [6.07, 6.45) is -4.14. The van der Waals surface area contributed by atoms with E-state index in [0.717, 1.165) is 0 Å². The highest BCUT2D eigenvalue weighted by molar-refractivity contribution is 5.74. The summed E-state index contributed by atoms with van der Waals surface area (Å²) in [5.74, 6) is 0. The van der Waals surface area contributed by atoms with Crippen LogP contribution in [0.5, 0.6) is 0 Å². The van der Waals surface area contributed by atoms with Gasteiger partial charge in [0.25, 0.3) is 0 Å². The number of alkyl halides is 3. The van der Waals surface area contributed by atoms with Gasteiger partial charge in [0, 0.05) is 32.5 Å². The summed E-state index contributed by atoms with van der Waals surface area (Å²) in [7, 11) is 0. The summed E-state index contributed by atoms with van der Waals surface area (Å²) >= 11 is 0. The van der Waals surface area contributed by atoms with Gasteiger partial charge < -0.3 is 15.3 Å². The minimum Gasteiger partial charge on any atom is -0.380 e. The summed E-state index contributed by atoms with van der Waals surface area (Å²) in [6.45, 7) is 3.45. The number of amides is 2. The molecule has 0 aromatic carbocycles. The van der Waals surface area contributed by atoms with Crippen molar-refractivity contribution in [2.24, 2.45) is 0 Å². The minimum atomic E-state index is -4.64. The number of piperidine rings is 1. The molecule has 2 N–H and O–H groups in total. The number of likely N-dealkylation sites (tertiary alicyclic amines) is 1. The summed E-state index contributed by atoms with van der Waals surface area (Å²) in [5, 5.41) is 11.9. The van der Waals surface area contributed by atoms with Gasteiger partial charge in [-0.05, 0) is 0 Å². The molecule has 1 heterocycles. The van der Waals surface area contributed by atoms with E-state index in [1.54, 1.807) is 0 Å². The van der Waals surface area contributed by atoms with E-state index in [1.807, 2.05) is 0 Å². The maximum Gasteiger partial charge on any atom is 0.417 e. The fourth-order valence-corrected chi connectivity index (χ4v) is 1.63. The third-order valence-corrected chi connectivity index (χ3v) is 2.80. The fourth-order valence-electron chi connectivity index (χ4n) is 1.63. The molecule has 1 saturated heterocycles. The highest BCUT2D eigenvalue weighted by Gasteiger charge is 2.54. The van der Waals surface area contributed by atoms with E-state index in [9.17, 15) is 23.1 Å². The Labute approximate surface area is 97.1 Å². The smallest absolute Gasteiger partial charge is 0.380 e. The molecule has 1 rings (SSSR count). The first-order chi connectivity index (χ1) is 7.80. The van der Waals surface area contributed by atoms with E-state index >= 15 is 0 Å². The summed E-state index contributed by atoms with van der Waals surface area (Å²) in [6, 6.07) is -0.436. The molecular weight excluding hydrogens is 237 g/mol. The second-order valence-corrected chi connectivity index (χ2v) is 3.99. The SMILES string of the molecule is C=CCNC(=O)N1CCC(O)(C(F)(F)F)CC1. The first-order valence-corrected chi connectivity index (χ1v) is 5.23. The predicted octanol–water partition coefficient (Wildman–Crippen LogP) is 1.27. The molecule has 4 nitrogen and oxygen atoms in total. The molecule has 98 valence electrons. The van der Waals surface area contributed by atoms with Crippen LogP contribution in [0, 0.1) is 0 Å². The van der Waals surface area contributed by atoms with Crippen LogP contribution >= 0.6 is 0 Å². The second-order valence-electron chi connectivity index (χ2n) is 3.99. The monoisotopic (exact) mass is 252 g/mol. The third kappa shape index (κ3) is 3.12. The molecule has 17 heavy (non-hydrogen) atoms. The molecule has 2 amide bonds. The van der Waals surface area contributed by atoms with Crippen molar-refractivity contribution in [3.8, 4) is 0 Å². The Morgan fingerprint density at radius 3 is 2.41 bits per heavy atom. The van der Waals surface area contributed by atoms with Crippen LogP contribution in [0.25, 0.3) is 0 Å². The number of halogens is 3. The number of carbonyl (C=O) groups excluding carboxylic acids is 1. The zero-order chi connectivity index (χ0) is 13.1. The molecule has 0 unspecified atom stereocenters. The largest absolute Gasteiger partial charge is 0.417 e. The van der Waals surface area contributed by atoms with Gasteiger partial charge in [0.05, 0.1) is 0 Å². The predicted molar refractivity (Wildman–Crippen MR) is 55.4 cm³/mol. The van der Waals surface area contributed by atoms with Crippen LogP contribution in [0.3, 0.4) is 0 Å². The third-order valence-electron chi connectivity index (χ3n) is 2.80. The van der Waals surface area contributed by atoms with Gasteiger partial charge in [-0.1, -0.05) is 6.08 Å². The number of urea groups is 1. The first kappa shape index (κ1) is 13.8. The molecule has 1 aliphatic heterocycles. The van der Waals surface area contributed by atoms with Gasteiger partial charge in [-0.25, -0.2) is 4.79 Å². The molecule has 1 aliphatic rings. The van der Waals surface area contributed by atoms with Crippen LogP contribution in [0.1, 0.15) is 12.8 Å². The zero-order valence-electron chi connectivity index (χ0n) is 9.26. The van der Waals surface area contributed by atoms with Crippen molar-refractivity contribution < 1.29 is 23.1 Å². The molecule has 0 bridgehead atoms. The quantitative estimate of drug-likeness (QED) is 0.727. The van der Waals surface area contributed by atoms with Crippen LogP contribution in [0.15, 0.2) is 12.7 Å². The van der Waals surface area contributed by atoms with Crippen molar-refractivity contribution in [2.75, 3.05) is 19.6 Å². The van der Waals surface area contributed by atoms with E-state index in [0.29, 0.717) is 0 Å². The van der Waals surface area contributed by atoms with E-state index in [-0.39, 0.29) is 19.6 Å². The lowest BCUT2D eigenvalue weighted by Crippen LogP contribution is -2.55. The van der Waals surface area contributed by atoms with Gasteiger partial charge >= 0.3 is 12.2 Å². The molecule has 0 atom stereocenters. The van der Waals surface area contributed by atoms with Crippen molar-refractivity contribution in [1.82, 2.24) is 10.2 Å². The molecular formula is C10H15F3N2O2. The van der Waals surface area contributed by atoms with Gasteiger partial charge in [0.1, 0.15) is 0 Å². The molecule has 0 radical (unpaired) electrons.